The highest BCUT2D eigenvalue weighted by atomic mass is 32.2. The summed E-state index contributed by atoms with van der Waals surface area (Å²) in [4.78, 5) is 1.30. The molecule has 0 saturated heterocycles. The maximum Gasteiger partial charge on any atom is 0.123 e. The first-order chi connectivity index (χ1) is 9.81. The number of hydrogen-bond acceptors (Lipinski definition) is 3. The van der Waals surface area contributed by atoms with Crippen molar-refractivity contribution in [3.8, 4) is 5.75 Å². The monoisotopic (exact) mass is 287 g/mol. The molecule has 0 aromatic heterocycles. The maximum atomic E-state index is 5.52. The molecule has 0 fully saturated rings. The standard InChI is InChI=1S/C17H21NOS/c1-4-18-17(13-9-5-7-11-15(13)19-2)14-10-6-8-12-16(14)20-3/h5-12,17-18H,4H2,1-3H3. The lowest BCUT2D eigenvalue weighted by molar-refractivity contribution is 0.404. The van der Waals surface area contributed by atoms with Gasteiger partial charge >= 0.3 is 0 Å². The quantitative estimate of drug-likeness (QED) is 0.808. The summed E-state index contributed by atoms with van der Waals surface area (Å²) in [6, 6.07) is 16.9. The van der Waals surface area contributed by atoms with Gasteiger partial charge in [-0.15, -0.1) is 11.8 Å². The minimum atomic E-state index is 0.153. The molecule has 0 aliphatic rings. The Morgan fingerprint density at radius 3 is 2.35 bits per heavy atom. The third kappa shape index (κ3) is 3.17. The maximum absolute atomic E-state index is 5.52. The van der Waals surface area contributed by atoms with E-state index in [0.29, 0.717) is 0 Å². The zero-order valence-corrected chi connectivity index (χ0v) is 13.0. The first-order valence-corrected chi connectivity index (χ1v) is 8.03. The topological polar surface area (TPSA) is 21.3 Å². The summed E-state index contributed by atoms with van der Waals surface area (Å²) in [5, 5.41) is 3.57. The smallest absolute Gasteiger partial charge is 0.123 e. The highest BCUT2D eigenvalue weighted by Gasteiger charge is 2.19. The molecule has 2 rings (SSSR count). The Morgan fingerprint density at radius 2 is 1.70 bits per heavy atom. The molecule has 0 aliphatic carbocycles. The van der Waals surface area contributed by atoms with Crippen LogP contribution in [-0.4, -0.2) is 19.9 Å². The van der Waals surface area contributed by atoms with E-state index in [9.17, 15) is 0 Å². The highest BCUT2D eigenvalue weighted by Crippen LogP contribution is 2.34. The molecule has 20 heavy (non-hydrogen) atoms. The van der Waals surface area contributed by atoms with Crippen molar-refractivity contribution in [1.82, 2.24) is 5.32 Å². The summed E-state index contributed by atoms with van der Waals surface area (Å²) < 4.78 is 5.52. The summed E-state index contributed by atoms with van der Waals surface area (Å²) in [7, 11) is 1.72. The van der Waals surface area contributed by atoms with Gasteiger partial charge < -0.3 is 10.1 Å². The molecule has 0 aliphatic heterocycles. The van der Waals surface area contributed by atoms with Crippen LogP contribution in [0.1, 0.15) is 24.1 Å². The van der Waals surface area contributed by atoms with Crippen LogP contribution in [0.25, 0.3) is 0 Å². The van der Waals surface area contributed by atoms with E-state index in [4.69, 9.17) is 4.74 Å². The van der Waals surface area contributed by atoms with E-state index in [0.717, 1.165) is 12.3 Å². The Kier molecular flexibility index (Phi) is 5.50. The third-order valence-corrected chi connectivity index (χ3v) is 4.12. The lowest BCUT2D eigenvalue weighted by Gasteiger charge is -2.23. The van der Waals surface area contributed by atoms with Crippen molar-refractivity contribution in [2.24, 2.45) is 0 Å². The molecule has 2 nitrogen and oxygen atoms in total. The van der Waals surface area contributed by atoms with Crippen molar-refractivity contribution in [2.45, 2.75) is 17.9 Å². The summed E-state index contributed by atoms with van der Waals surface area (Å²) in [6.45, 7) is 3.04. The van der Waals surface area contributed by atoms with Crippen molar-refractivity contribution in [3.63, 3.8) is 0 Å². The number of ether oxygens (including phenoxy) is 1. The lowest BCUT2D eigenvalue weighted by Crippen LogP contribution is -2.23. The van der Waals surface area contributed by atoms with Gasteiger partial charge in [-0.1, -0.05) is 43.3 Å². The number of nitrogens with one attached hydrogen (secondary N) is 1. The van der Waals surface area contributed by atoms with Crippen molar-refractivity contribution < 1.29 is 4.74 Å². The number of methoxy groups -OCH3 is 1. The largest absolute Gasteiger partial charge is 0.496 e. The minimum Gasteiger partial charge on any atom is -0.496 e. The van der Waals surface area contributed by atoms with Crippen molar-refractivity contribution in [1.29, 1.82) is 0 Å². The number of hydrogen-bond donors (Lipinski definition) is 1. The second-order valence-electron chi connectivity index (χ2n) is 4.47. The SMILES string of the molecule is CCNC(c1ccccc1OC)c1ccccc1SC. The van der Waals surface area contributed by atoms with E-state index in [2.05, 4.69) is 54.9 Å². The Balaban J connectivity index is 2.50. The van der Waals surface area contributed by atoms with Crippen LogP contribution in [0.15, 0.2) is 53.4 Å². The molecule has 1 N–H and O–H groups in total. The second kappa shape index (κ2) is 7.36. The van der Waals surface area contributed by atoms with Gasteiger partial charge in [-0.3, -0.25) is 0 Å². The summed E-state index contributed by atoms with van der Waals surface area (Å²) in [5.41, 5.74) is 2.48. The molecule has 2 aromatic carbocycles. The van der Waals surface area contributed by atoms with Crippen LogP contribution in [0.5, 0.6) is 5.75 Å². The van der Waals surface area contributed by atoms with E-state index < -0.39 is 0 Å². The molecule has 0 spiro atoms. The molecule has 3 heteroatoms. The average molecular weight is 287 g/mol. The summed E-state index contributed by atoms with van der Waals surface area (Å²) >= 11 is 1.78. The Morgan fingerprint density at radius 1 is 1.05 bits per heavy atom. The average Bonchev–Trinajstić information content (AvgIpc) is 2.52. The molecular weight excluding hydrogens is 266 g/mol. The fourth-order valence-corrected chi connectivity index (χ4v) is 3.04. The van der Waals surface area contributed by atoms with Gasteiger partial charge in [0.05, 0.1) is 13.2 Å². The van der Waals surface area contributed by atoms with Gasteiger partial charge in [-0.2, -0.15) is 0 Å². The molecule has 0 saturated carbocycles. The van der Waals surface area contributed by atoms with Crippen LogP contribution >= 0.6 is 11.8 Å². The van der Waals surface area contributed by atoms with Crippen molar-refractivity contribution in [3.05, 3.63) is 59.7 Å². The minimum absolute atomic E-state index is 0.153. The van der Waals surface area contributed by atoms with E-state index in [-0.39, 0.29) is 6.04 Å². The van der Waals surface area contributed by atoms with Gasteiger partial charge in [0, 0.05) is 10.5 Å². The third-order valence-electron chi connectivity index (χ3n) is 3.31. The van der Waals surface area contributed by atoms with Crippen LogP contribution < -0.4 is 10.1 Å². The number of benzene rings is 2. The molecular formula is C17H21NOS. The molecule has 0 heterocycles. The first-order valence-electron chi connectivity index (χ1n) is 6.81. The van der Waals surface area contributed by atoms with Gasteiger partial charge in [0.25, 0.3) is 0 Å². The van der Waals surface area contributed by atoms with Gasteiger partial charge in [0.2, 0.25) is 0 Å². The van der Waals surface area contributed by atoms with E-state index in [1.165, 1.54) is 16.0 Å². The Labute approximate surface area is 125 Å². The van der Waals surface area contributed by atoms with Gasteiger partial charge in [0.15, 0.2) is 0 Å². The Hall–Kier alpha value is -1.45. The van der Waals surface area contributed by atoms with E-state index in [1.807, 2.05) is 12.1 Å². The zero-order chi connectivity index (χ0) is 14.4. The first kappa shape index (κ1) is 14.9. The molecule has 0 amide bonds. The second-order valence-corrected chi connectivity index (χ2v) is 5.32. The van der Waals surface area contributed by atoms with Gasteiger partial charge in [-0.25, -0.2) is 0 Å². The highest BCUT2D eigenvalue weighted by molar-refractivity contribution is 7.98. The summed E-state index contributed by atoms with van der Waals surface area (Å²) in [5.74, 6) is 0.925. The van der Waals surface area contributed by atoms with E-state index >= 15 is 0 Å². The molecule has 0 radical (unpaired) electrons. The van der Waals surface area contributed by atoms with Crippen LogP contribution in [0.2, 0.25) is 0 Å². The summed E-state index contributed by atoms with van der Waals surface area (Å²) in [6.07, 6.45) is 2.12. The zero-order valence-electron chi connectivity index (χ0n) is 12.2. The fraction of sp³-hybridized carbons (Fsp3) is 0.294. The molecule has 1 atom stereocenters. The van der Waals surface area contributed by atoms with Crippen LogP contribution in [-0.2, 0) is 0 Å². The predicted molar refractivity (Wildman–Crippen MR) is 86.7 cm³/mol. The molecule has 2 aromatic rings. The lowest BCUT2D eigenvalue weighted by atomic mass is 9.97. The van der Waals surface area contributed by atoms with Crippen molar-refractivity contribution >= 4 is 11.8 Å². The van der Waals surface area contributed by atoms with Crippen molar-refractivity contribution in [2.75, 3.05) is 19.9 Å². The molecule has 1 unspecified atom stereocenters. The van der Waals surface area contributed by atoms with Gasteiger partial charge in [0.1, 0.15) is 5.75 Å². The molecule has 106 valence electrons. The predicted octanol–water partition coefficient (Wildman–Crippen LogP) is 4.12. The number of para-hydroxylation sites is 1. The number of rotatable bonds is 6. The van der Waals surface area contributed by atoms with Crippen LogP contribution in [0.3, 0.4) is 0 Å². The normalized spacial score (nSPS) is 12.2. The van der Waals surface area contributed by atoms with Gasteiger partial charge in [-0.05, 0) is 30.5 Å². The molecule has 0 bridgehead atoms. The van der Waals surface area contributed by atoms with E-state index in [1.54, 1.807) is 18.9 Å². The number of thioether (sulfide) groups is 1. The fourth-order valence-electron chi connectivity index (χ4n) is 2.40. The van der Waals surface area contributed by atoms with Crippen LogP contribution in [0.4, 0.5) is 0 Å². The van der Waals surface area contributed by atoms with Crippen LogP contribution in [0, 0.1) is 0 Å². The Bertz CT molecular complexity index is 509.